The average Bonchev–Trinajstić information content (AvgIpc) is 2.40. The summed E-state index contributed by atoms with van der Waals surface area (Å²) in [5.41, 5.74) is 0.0486. The second kappa shape index (κ2) is 5.87. The van der Waals surface area contributed by atoms with E-state index in [-0.39, 0.29) is 5.69 Å². The minimum Gasteiger partial charge on any atom is -0.495 e. The fourth-order valence-electron chi connectivity index (χ4n) is 1.69. The fraction of sp³-hybridized carbons (Fsp3) is 0.0769. The molecule has 2 aromatic carbocycles. The lowest BCUT2D eigenvalue weighted by atomic mass is 10.2. The molecule has 0 unspecified atom stereocenters. The van der Waals surface area contributed by atoms with Crippen LogP contribution in [0.15, 0.2) is 40.9 Å². The van der Waals surface area contributed by atoms with E-state index in [0.717, 1.165) is 10.5 Å². The van der Waals surface area contributed by atoms with Crippen LogP contribution in [-0.4, -0.2) is 12.0 Å². The van der Waals surface area contributed by atoms with Crippen molar-refractivity contribution in [1.82, 2.24) is 0 Å². The summed E-state index contributed by atoms with van der Waals surface area (Å²) in [4.78, 5) is 10.1. The molecule has 0 aliphatic heterocycles. The molecule has 5 nitrogen and oxygen atoms in total. The Morgan fingerprint density at radius 3 is 2.75 bits per heavy atom. The molecule has 2 aromatic rings. The summed E-state index contributed by atoms with van der Waals surface area (Å²) in [6.07, 6.45) is 0. The molecule has 0 bridgehead atoms. The number of nitro benzene ring substituents is 1. The van der Waals surface area contributed by atoms with E-state index in [1.807, 2.05) is 0 Å². The number of hydrogen-bond donors (Lipinski definition) is 1. The van der Waals surface area contributed by atoms with Gasteiger partial charge >= 0.3 is 5.69 Å². The molecule has 7 heteroatoms. The number of nitro groups is 1. The van der Waals surface area contributed by atoms with Crippen molar-refractivity contribution in [1.29, 1.82) is 0 Å². The molecule has 104 valence electrons. The predicted octanol–water partition coefficient (Wildman–Crippen LogP) is 4.25. The zero-order valence-electron chi connectivity index (χ0n) is 10.4. The summed E-state index contributed by atoms with van der Waals surface area (Å²) in [6, 6.07) is 8.97. The van der Waals surface area contributed by atoms with Crippen molar-refractivity contribution >= 4 is 33.0 Å². The standard InChI is InChI=1S/C13H10BrFN2O3/c1-20-12-7-8(5-6-9(12)14)16-11-4-2-3-10(15)13(11)17(18)19/h2-7,16H,1H3. The molecule has 2 rings (SSSR count). The summed E-state index contributed by atoms with van der Waals surface area (Å²) in [5, 5.41) is 13.7. The average molecular weight is 341 g/mol. The Balaban J connectivity index is 2.40. The largest absolute Gasteiger partial charge is 0.495 e. The predicted molar refractivity (Wildman–Crippen MR) is 77.0 cm³/mol. The molecule has 0 spiro atoms. The lowest BCUT2D eigenvalue weighted by Crippen LogP contribution is -1.99. The van der Waals surface area contributed by atoms with Crippen LogP contribution < -0.4 is 10.1 Å². The molecule has 0 heterocycles. The van der Waals surface area contributed by atoms with Gasteiger partial charge in [-0.2, -0.15) is 4.39 Å². The summed E-state index contributed by atoms with van der Waals surface area (Å²) in [7, 11) is 1.51. The number of halogens is 2. The van der Waals surface area contributed by atoms with Gasteiger partial charge < -0.3 is 10.1 Å². The SMILES string of the molecule is COc1cc(Nc2cccc(F)c2[N+](=O)[O-])ccc1Br. The molecule has 1 N–H and O–H groups in total. The van der Waals surface area contributed by atoms with Crippen molar-refractivity contribution in [2.24, 2.45) is 0 Å². The Labute approximate surface area is 122 Å². The van der Waals surface area contributed by atoms with Gasteiger partial charge in [0.1, 0.15) is 11.4 Å². The number of anilines is 2. The van der Waals surface area contributed by atoms with Crippen molar-refractivity contribution < 1.29 is 14.1 Å². The minimum atomic E-state index is -0.885. The van der Waals surface area contributed by atoms with Gasteiger partial charge in [0.2, 0.25) is 5.82 Å². The van der Waals surface area contributed by atoms with Gasteiger partial charge in [0.15, 0.2) is 0 Å². The van der Waals surface area contributed by atoms with Gasteiger partial charge in [-0.3, -0.25) is 10.1 Å². The van der Waals surface area contributed by atoms with Crippen molar-refractivity contribution in [3.05, 3.63) is 56.8 Å². The van der Waals surface area contributed by atoms with Crippen LogP contribution in [0.25, 0.3) is 0 Å². The maximum absolute atomic E-state index is 13.5. The molecule has 0 aliphatic rings. The van der Waals surface area contributed by atoms with Crippen LogP contribution in [0, 0.1) is 15.9 Å². The molecule has 0 aromatic heterocycles. The van der Waals surface area contributed by atoms with E-state index in [4.69, 9.17) is 4.74 Å². The molecule has 0 fully saturated rings. The molecule has 0 aliphatic carbocycles. The molecule has 0 amide bonds. The monoisotopic (exact) mass is 340 g/mol. The first-order valence-electron chi connectivity index (χ1n) is 5.56. The van der Waals surface area contributed by atoms with E-state index in [9.17, 15) is 14.5 Å². The summed E-state index contributed by atoms with van der Waals surface area (Å²) in [5.74, 6) is -0.321. The lowest BCUT2D eigenvalue weighted by molar-refractivity contribution is -0.386. The molecule has 0 saturated carbocycles. The van der Waals surface area contributed by atoms with E-state index >= 15 is 0 Å². The van der Waals surface area contributed by atoms with Crippen molar-refractivity contribution in [2.45, 2.75) is 0 Å². The number of benzene rings is 2. The number of para-hydroxylation sites is 1. The molecular formula is C13H10BrFN2O3. The summed E-state index contributed by atoms with van der Waals surface area (Å²) >= 11 is 3.30. The maximum atomic E-state index is 13.5. The number of ether oxygens (including phenoxy) is 1. The number of nitrogens with one attached hydrogen (secondary N) is 1. The van der Waals surface area contributed by atoms with Crippen LogP contribution in [0.1, 0.15) is 0 Å². The van der Waals surface area contributed by atoms with Crippen LogP contribution in [0.5, 0.6) is 5.75 Å². The Bertz CT molecular complexity index is 664. The van der Waals surface area contributed by atoms with E-state index in [0.29, 0.717) is 11.4 Å². The van der Waals surface area contributed by atoms with Crippen LogP contribution in [0.4, 0.5) is 21.5 Å². The Hall–Kier alpha value is -2.15. The van der Waals surface area contributed by atoms with Crippen molar-refractivity contribution in [3.63, 3.8) is 0 Å². The van der Waals surface area contributed by atoms with Crippen molar-refractivity contribution in [2.75, 3.05) is 12.4 Å². The first-order chi connectivity index (χ1) is 9.52. The van der Waals surface area contributed by atoms with E-state index in [1.165, 1.54) is 19.2 Å². The van der Waals surface area contributed by atoms with Gasteiger partial charge in [-0.25, -0.2) is 0 Å². The third kappa shape index (κ3) is 2.88. The summed E-state index contributed by atoms with van der Waals surface area (Å²) in [6.45, 7) is 0. The zero-order chi connectivity index (χ0) is 14.7. The number of hydrogen-bond acceptors (Lipinski definition) is 4. The molecule has 0 radical (unpaired) electrons. The highest BCUT2D eigenvalue weighted by molar-refractivity contribution is 9.10. The maximum Gasteiger partial charge on any atom is 0.327 e. The Morgan fingerprint density at radius 1 is 1.35 bits per heavy atom. The van der Waals surface area contributed by atoms with Crippen molar-refractivity contribution in [3.8, 4) is 5.75 Å². The topological polar surface area (TPSA) is 64.4 Å². The highest BCUT2D eigenvalue weighted by Crippen LogP contribution is 2.33. The first kappa shape index (κ1) is 14.3. The summed E-state index contributed by atoms with van der Waals surface area (Å²) < 4.78 is 19.4. The van der Waals surface area contributed by atoms with Crippen LogP contribution in [0.2, 0.25) is 0 Å². The third-order valence-electron chi connectivity index (χ3n) is 2.60. The number of nitrogens with zero attached hydrogens (tertiary/aromatic N) is 1. The van der Waals surface area contributed by atoms with E-state index < -0.39 is 16.4 Å². The van der Waals surface area contributed by atoms with Gasteiger partial charge in [-0.05, 0) is 40.2 Å². The quantitative estimate of drug-likeness (QED) is 0.667. The normalized spacial score (nSPS) is 10.2. The van der Waals surface area contributed by atoms with Gasteiger partial charge in [-0.1, -0.05) is 6.07 Å². The second-order valence-electron chi connectivity index (χ2n) is 3.87. The van der Waals surface area contributed by atoms with E-state index in [1.54, 1.807) is 18.2 Å². The second-order valence-corrected chi connectivity index (χ2v) is 4.72. The zero-order valence-corrected chi connectivity index (χ0v) is 12.0. The van der Waals surface area contributed by atoms with Gasteiger partial charge in [0, 0.05) is 11.8 Å². The fourth-order valence-corrected chi connectivity index (χ4v) is 2.10. The Morgan fingerprint density at radius 2 is 2.10 bits per heavy atom. The van der Waals surface area contributed by atoms with E-state index in [2.05, 4.69) is 21.2 Å². The Kier molecular flexibility index (Phi) is 4.19. The molecule has 20 heavy (non-hydrogen) atoms. The third-order valence-corrected chi connectivity index (χ3v) is 3.25. The number of rotatable bonds is 4. The van der Waals surface area contributed by atoms with Crippen LogP contribution in [-0.2, 0) is 0 Å². The van der Waals surface area contributed by atoms with Gasteiger partial charge in [0.25, 0.3) is 0 Å². The van der Waals surface area contributed by atoms with Gasteiger partial charge in [0.05, 0.1) is 16.5 Å². The molecular weight excluding hydrogens is 331 g/mol. The first-order valence-corrected chi connectivity index (χ1v) is 6.35. The highest BCUT2D eigenvalue weighted by Gasteiger charge is 2.19. The van der Waals surface area contributed by atoms with Crippen LogP contribution >= 0.6 is 15.9 Å². The van der Waals surface area contributed by atoms with Crippen LogP contribution in [0.3, 0.4) is 0 Å². The number of methoxy groups -OCH3 is 1. The minimum absolute atomic E-state index is 0.0828. The molecule has 0 atom stereocenters. The smallest absolute Gasteiger partial charge is 0.327 e. The highest BCUT2D eigenvalue weighted by atomic mass is 79.9. The van der Waals surface area contributed by atoms with Gasteiger partial charge in [-0.15, -0.1) is 0 Å². The lowest BCUT2D eigenvalue weighted by Gasteiger charge is -2.10. The molecule has 0 saturated heterocycles.